The molecule has 0 bridgehead atoms. The van der Waals surface area contributed by atoms with Gasteiger partial charge in [-0.25, -0.2) is 0 Å². The lowest BCUT2D eigenvalue weighted by molar-refractivity contribution is 0.628. The van der Waals surface area contributed by atoms with Gasteiger partial charge >= 0.3 is 0 Å². The maximum absolute atomic E-state index is 6.75. The molecule has 228 valence electrons. The first kappa shape index (κ1) is 26.7. The van der Waals surface area contributed by atoms with Gasteiger partial charge in [-0.05, 0) is 80.4 Å². The van der Waals surface area contributed by atoms with Gasteiger partial charge in [-0.3, -0.25) is 0 Å². The summed E-state index contributed by atoms with van der Waals surface area (Å²) >= 11 is 0. The van der Waals surface area contributed by atoms with Gasteiger partial charge in [-0.15, -0.1) is 0 Å². The van der Waals surface area contributed by atoms with Crippen LogP contribution in [0.25, 0.3) is 55.0 Å². The van der Waals surface area contributed by atoms with Crippen molar-refractivity contribution in [3.63, 3.8) is 0 Å². The predicted molar refractivity (Wildman–Crippen MR) is 202 cm³/mol. The van der Waals surface area contributed by atoms with Crippen LogP contribution in [0.15, 0.2) is 180 Å². The maximum atomic E-state index is 6.75. The van der Waals surface area contributed by atoms with Crippen LogP contribution in [0.2, 0.25) is 0 Å². The molecule has 1 heterocycles. The van der Waals surface area contributed by atoms with Crippen LogP contribution in [0.5, 0.6) is 0 Å². The standard InChI is InChI=1S/C47H29NO/c1-2-15-31(16-3-1)48(43-28-30-14-4-5-17-33(30)34-18-6-7-20-37(34)43)32-26-27-36-35-19-8-11-23-40(35)47(42(36)29-32)41-24-12-9-21-38(41)46-45(47)39-22-10-13-25-44(39)49-46/h1-29H. The summed E-state index contributed by atoms with van der Waals surface area (Å²) in [6, 6.07) is 64.1. The molecule has 9 aromatic rings. The highest BCUT2D eigenvalue weighted by Crippen LogP contribution is 2.65. The van der Waals surface area contributed by atoms with Crippen molar-refractivity contribution in [2.75, 3.05) is 4.90 Å². The van der Waals surface area contributed by atoms with Crippen LogP contribution in [-0.4, -0.2) is 0 Å². The Balaban J connectivity index is 1.26. The van der Waals surface area contributed by atoms with Gasteiger partial charge in [0.1, 0.15) is 11.3 Å². The molecule has 0 saturated carbocycles. The number of anilines is 3. The van der Waals surface area contributed by atoms with Gasteiger partial charge in [-0.1, -0.05) is 140 Å². The minimum atomic E-state index is -0.520. The molecule has 0 amide bonds. The van der Waals surface area contributed by atoms with E-state index in [1.807, 2.05) is 0 Å². The van der Waals surface area contributed by atoms with E-state index in [-0.39, 0.29) is 0 Å². The van der Waals surface area contributed by atoms with Gasteiger partial charge in [0.25, 0.3) is 0 Å². The molecule has 8 aromatic carbocycles. The van der Waals surface area contributed by atoms with Crippen LogP contribution in [0.1, 0.15) is 22.3 Å². The van der Waals surface area contributed by atoms with Gasteiger partial charge in [0.05, 0.1) is 11.1 Å². The lowest BCUT2D eigenvalue weighted by atomic mass is 9.70. The molecule has 0 radical (unpaired) electrons. The van der Waals surface area contributed by atoms with Crippen molar-refractivity contribution >= 4 is 49.6 Å². The molecule has 1 unspecified atom stereocenters. The highest BCUT2D eigenvalue weighted by Gasteiger charge is 2.54. The fraction of sp³-hybridized carbons (Fsp3) is 0.0213. The summed E-state index contributed by atoms with van der Waals surface area (Å²) in [7, 11) is 0. The summed E-state index contributed by atoms with van der Waals surface area (Å²) in [4.78, 5) is 2.45. The Morgan fingerprint density at radius 1 is 0.408 bits per heavy atom. The molecule has 0 N–H and O–H groups in total. The monoisotopic (exact) mass is 623 g/mol. The molecule has 1 aromatic heterocycles. The lowest BCUT2D eigenvalue weighted by Crippen LogP contribution is -2.26. The van der Waals surface area contributed by atoms with Crippen LogP contribution >= 0.6 is 0 Å². The van der Waals surface area contributed by atoms with E-state index < -0.39 is 5.41 Å². The Labute approximate surface area is 284 Å². The van der Waals surface area contributed by atoms with E-state index in [4.69, 9.17) is 4.42 Å². The van der Waals surface area contributed by atoms with Crippen molar-refractivity contribution in [2.24, 2.45) is 0 Å². The molecule has 0 fully saturated rings. The van der Waals surface area contributed by atoms with Gasteiger partial charge in [0, 0.05) is 33.3 Å². The Morgan fingerprint density at radius 3 is 1.86 bits per heavy atom. The number of fused-ring (bicyclic) bond motifs is 15. The van der Waals surface area contributed by atoms with Gasteiger partial charge in [-0.2, -0.15) is 0 Å². The summed E-state index contributed by atoms with van der Waals surface area (Å²) in [5.74, 6) is 0.977. The lowest BCUT2D eigenvalue weighted by Gasteiger charge is -2.32. The third-order valence-electron chi connectivity index (χ3n) is 10.8. The van der Waals surface area contributed by atoms with Crippen LogP contribution in [0, 0.1) is 0 Å². The molecular formula is C47H29NO. The SMILES string of the molecule is c1ccc(N(c2ccc3c(c2)C2(c4ccccc4-3)c3ccccc3-c3oc4ccccc4c32)c2cc3ccccc3c3ccccc23)cc1. The van der Waals surface area contributed by atoms with E-state index in [1.54, 1.807) is 0 Å². The predicted octanol–water partition coefficient (Wildman–Crippen LogP) is 12.6. The van der Waals surface area contributed by atoms with Gasteiger partial charge in [0.2, 0.25) is 0 Å². The van der Waals surface area contributed by atoms with E-state index in [1.165, 1.54) is 65.9 Å². The molecule has 1 atom stereocenters. The zero-order valence-electron chi connectivity index (χ0n) is 26.6. The average Bonchev–Trinajstić information content (AvgIpc) is 3.79. The number of rotatable bonds is 3. The van der Waals surface area contributed by atoms with Crippen molar-refractivity contribution in [3.8, 4) is 22.5 Å². The molecule has 2 nitrogen and oxygen atoms in total. The first-order valence-corrected chi connectivity index (χ1v) is 16.9. The Bertz CT molecular complexity index is 2790. The molecule has 49 heavy (non-hydrogen) atoms. The number of nitrogens with zero attached hydrogens (tertiary/aromatic N) is 1. The average molecular weight is 624 g/mol. The van der Waals surface area contributed by atoms with Crippen LogP contribution in [0.3, 0.4) is 0 Å². The second-order valence-corrected chi connectivity index (χ2v) is 13.2. The zero-order chi connectivity index (χ0) is 32.1. The fourth-order valence-electron chi connectivity index (χ4n) is 8.94. The van der Waals surface area contributed by atoms with Crippen molar-refractivity contribution in [3.05, 3.63) is 198 Å². The van der Waals surface area contributed by atoms with Gasteiger partial charge in [0.15, 0.2) is 0 Å². The van der Waals surface area contributed by atoms with Crippen molar-refractivity contribution < 1.29 is 4.42 Å². The molecule has 2 aliphatic rings. The summed E-state index contributed by atoms with van der Waals surface area (Å²) < 4.78 is 6.75. The Kier molecular flexibility index (Phi) is 5.34. The smallest absolute Gasteiger partial charge is 0.140 e. The fourth-order valence-corrected chi connectivity index (χ4v) is 8.94. The third kappa shape index (κ3) is 3.45. The van der Waals surface area contributed by atoms with Crippen molar-refractivity contribution in [1.82, 2.24) is 0 Å². The van der Waals surface area contributed by atoms with E-state index in [0.29, 0.717) is 0 Å². The van der Waals surface area contributed by atoms with Crippen molar-refractivity contribution in [1.29, 1.82) is 0 Å². The maximum Gasteiger partial charge on any atom is 0.140 e. The first-order chi connectivity index (χ1) is 24.3. The first-order valence-electron chi connectivity index (χ1n) is 16.9. The van der Waals surface area contributed by atoms with E-state index in [2.05, 4.69) is 181 Å². The third-order valence-corrected chi connectivity index (χ3v) is 10.8. The number of furan rings is 1. The van der Waals surface area contributed by atoms with Crippen LogP contribution < -0.4 is 4.90 Å². The summed E-state index contributed by atoms with van der Waals surface area (Å²) in [5, 5.41) is 6.13. The minimum Gasteiger partial charge on any atom is -0.456 e. The quantitative estimate of drug-likeness (QED) is 0.182. The molecule has 2 aliphatic carbocycles. The highest BCUT2D eigenvalue weighted by molar-refractivity contribution is 6.14. The van der Waals surface area contributed by atoms with E-state index >= 15 is 0 Å². The minimum absolute atomic E-state index is 0.520. The molecule has 0 aliphatic heterocycles. The second-order valence-electron chi connectivity index (χ2n) is 13.2. The van der Waals surface area contributed by atoms with E-state index in [9.17, 15) is 0 Å². The Morgan fingerprint density at radius 2 is 1.02 bits per heavy atom. The normalized spacial score (nSPS) is 15.4. The summed E-state index contributed by atoms with van der Waals surface area (Å²) in [6.45, 7) is 0. The molecule has 0 saturated heterocycles. The topological polar surface area (TPSA) is 16.4 Å². The largest absolute Gasteiger partial charge is 0.456 e. The molecular weight excluding hydrogens is 595 g/mol. The molecule has 2 heteroatoms. The molecule has 1 spiro atoms. The van der Waals surface area contributed by atoms with E-state index in [0.717, 1.165) is 28.4 Å². The zero-order valence-corrected chi connectivity index (χ0v) is 26.6. The number of hydrogen-bond acceptors (Lipinski definition) is 2. The second kappa shape index (κ2) is 9.82. The molecule has 11 rings (SSSR count). The number of hydrogen-bond donors (Lipinski definition) is 0. The Hall–Kier alpha value is -6.38. The van der Waals surface area contributed by atoms with Crippen LogP contribution in [-0.2, 0) is 5.41 Å². The van der Waals surface area contributed by atoms with Crippen LogP contribution in [0.4, 0.5) is 17.1 Å². The van der Waals surface area contributed by atoms with Crippen molar-refractivity contribution in [2.45, 2.75) is 5.41 Å². The van der Waals surface area contributed by atoms with Gasteiger partial charge < -0.3 is 9.32 Å². The highest BCUT2D eigenvalue weighted by atomic mass is 16.3. The summed E-state index contributed by atoms with van der Waals surface area (Å²) in [6.07, 6.45) is 0. The summed E-state index contributed by atoms with van der Waals surface area (Å²) in [5.41, 5.74) is 12.6. The number of benzene rings is 8. The number of para-hydroxylation sites is 2.